The van der Waals surface area contributed by atoms with Crippen LogP contribution in [0.5, 0.6) is 0 Å². The summed E-state index contributed by atoms with van der Waals surface area (Å²) in [5.41, 5.74) is 0. The monoisotopic (exact) mass is 1030 g/mol. The van der Waals surface area contributed by atoms with Crippen molar-refractivity contribution in [2.24, 2.45) is 0 Å². The molecule has 6 nitrogen and oxygen atoms in total. The standard InChI is InChI=1S/C69H104O6/c1-4-7-10-13-16-19-22-25-28-29-30-31-32-33-34-35-36-37-38-39-42-44-47-50-53-56-59-62-68(71)74-65-66(75-69(72)63-60-57-54-51-48-45-41-27-24-21-18-15-12-9-6-3)64-73-67(70)61-58-55-52-49-46-43-40-26-23-20-17-14-11-8-5-2/h7,9-10,12,16-21,25-28,30-31,33-34,36-37,39-42,47-48,50-51,57,60,66H,4-6,8,11,13-15,22-24,29,32,35,38,43-46,49,52-56,58-59,61-65H2,1-3H3/b10-7-,12-9-,19-16-,20-17-,21-18-,28-25-,31-30-,34-33-,37-36-,40-26-,41-27-,42-39-,50-47-,51-48-,60-57-. The number of carbonyl (C=O) groups excluding carboxylic acids is 3. The van der Waals surface area contributed by atoms with E-state index in [2.05, 4.69) is 191 Å². The summed E-state index contributed by atoms with van der Waals surface area (Å²) in [5, 5.41) is 0. The molecule has 0 heterocycles. The summed E-state index contributed by atoms with van der Waals surface area (Å²) in [5.74, 6) is -1.15. The van der Waals surface area contributed by atoms with E-state index < -0.39 is 12.1 Å². The minimum absolute atomic E-state index is 0.0741. The lowest BCUT2D eigenvalue weighted by Crippen LogP contribution is -2.30. The predicted molar refractivity (Wildman–Crippen MR) is 324 cm³/mol. The number of allylic oxidation sites excluding steroid dienone is 29. The van der Waals surface area contributed by atoms with Crippen LogP contribution in [0.1, 0.15) is 213 Å². The zero-order chi connectivity index (χ0) is 54.3. The Morgan fingerprint density at radius 1 is 0.293 bits per heavy atom. The number of rotatable bonds is 50. The van der Waals surface area contributed by atoms with Crippen LogP contribution in [0.4, 0.5) is 0 Å². The first kappa shape index (κ1) is 69.5. The average Bonchev–Trinajstić information content (AvgIpc) is 3.41. The summed E-state index contributed by atoms with van der Waals surface area (Å²) in [6.07, 6.45) is 92.0. The van der Waals surface area contributed by atoms with Crippen LogP contribution in [-0.4, -0.2) is 37.2 Å². The van der Waals surface area contributed by atoms with Crippen molar-refractivity contribution in [3.63, 3.8) is 0 Å². The largest absolute Gasteiger partial charge is 0.462 e. The van der Waals surface area contributed by atoms with E-state index in [-0.39, 0.29) is 38.0 Å². The van der Waals surface area contributed by atoms with Crippen LogP contribution in [0, 0.1) is 0 Å². The van der Waals surface area contributed by atoms with E-state index in [9.17, 15) is 14.4 Å². The van der Waals surface area contributed by atoms with E-state index in [1.165, 1.54) is 25.7 Å². The predicted octanol–water partition coefficient (Wildman–Crippen LogP) is 20.1. The molecule has 0 aliphatic rings. The second kappa shape index (κ2) is 61.1. The number of hydrogen-bond acceptors (Lipinski definition) is 6. The van der Waals surface area contributed by atoms with Crippen molar-refractivity contribution in [2.75, 3.05) is 13.2 Å². The highest BCUT2D eigenvalue weighted by Gasteiger charge is 2.19. The first-order valence-corrected chi connectivity index (χ1v) is 29.3. The van der Waals surface area contributed by atoms with Crippen molar-refractivity contribution in [3.05, 3.63) is 182 Å². The normalized spacial score (nSPS) is 13.5. The molecule has 0 N–H and O–H groups in total. The van der Waals surface area contributed by atoms with Crippen molar-refractivity contribution in [3.8, 4) is 0 Å². The third-order valence-corrected chi connectivity index (χ3v) is 11.4. The summed E-state index contributed by atoms with van der Waals surface area (Å²) < 4.78 is 16.7. The highest BCUT2D eigenvalue weighted by molar-refractivity contribution is 5.72. The van der Waals surface area contributed by atoms with Crippen LogP contribution in [0.3, 0.4) is 0 Å². The van der Waals surface area contributed by atoms with Crippen LogP contribution in [-0.2, 0) is 28.6 Å². The molecule has 0 aromatic rings. The lowest BCUT2D eigenvalue weighted by atomic mass is 10.1. The SMILES string of the molecule is CC/C=C\C/C=C\C/C=C\C/C=C\C/C=C\C/C=C\C/C=C\C/C=C\CCCCC(=O)OCC(COC(=O)CCCCCCC/C=C\C/C=C\CCCCC)OC(=O)C/C=C\C/C=C\C/C=C\C/C=C\C/C=C\CC. The molecule has 0 saturated heterocycles. The second-order valence-corrected chi connectivity index (χ2v) is 18.4. The Labute approximate surface area is 459 Å². The first-order valence-electron chi connectivity index (χ1n) is 29.3. The van der Waals surface area contributed by atoms with Crippen molar-refractivity contribution in [1.82, 2.24) is 0 Å². The third-order valence-electron chi connectivity index (χ3n) is 11.4. The van der Waals surface area contributed by atoms with Crippen molar-refractivity contribution in [1.29, 1.82) is 0 Å². The molecular formula is C69H104O6. The Kier molecular flexibility index (Phi) is 56.6. The number of unbranched alkanes of at least 4 members (excludes halogenated alkanes) is 10. The third kappa shape index (κ3) is 59.3. The molecule has 0 saturated carbocycles. The van der Waals surface area contributed by atoms with Gasteiger partial charge >= 0.3 is 17.9 Å². The van der Waals surface area contributed by atoms with Gasteiger partial charge in [0.1, 0.15) is 13.2 Å². The molecule has 0 aromatic heterocycles. The van der Waals surface area contributed by atoms with Gasteiger partial charge < -0.3 is 14.2 Å². The zero-order valence-electron chi connectivity index (χ0n) is 47.5. The fourth-order valence-corrected chi connectivity index (χ4v) is 7.09. The Hall–Kier alpha value is -5.49. The molecule has 0 spiro atoms. The van der Waals surface area contributed by atoms with Gasteiger partial charge in [0, 0.05) is 12.8 Å². The van der Waals surface area contributed by atoms with E-state index in [4.69, 9.17) is 14.2 Å². The van der Waals surface area contributed by atoms with Gasteiger partial charge in [0.05, 0.1) is 6.42 Å². The second-order valence-electron chi connectivity index (χ2n) is 18.4. The Morgan fingerprint density at radius 2 is 0.560 bits per heavy atom. The van der Waals surface area contributed by atoms with Crippen LogP contribution in [0.25, 0.3) is 0 Å². The van der Waals surface area contributed by atoms with Gasteiger partial charge in [0.25, 0.3) is 0 Å². The first-order chi connectivity index (χ1) is 37.0. The Balaban J connectivity index is 4.57. The molecule has 0 amide bonds. The Bertz CT molecular complexity index is 1800. The molecule has 0 aromatic carbocycles. The molecule has 0 aliphatic carbocycles. The molecule has 0 fully saturated rings. The maximum Gasteiger partial charge on any atom is 0.310 e. The van der Waals surface area contributed by atoms with E-state index in [0.29, 0.717) is 19.3 Å². The molecule has 0 bridgehead atoms. The van der Waals surface area contributed by atoms with Gasteiger partial charge in [0.2, 0.25) is 0 Å². The molecule has 6 heteroatoms. The van der Waals surface area contributed by atoms with Crippen LogP contribution >= 0.6 is 0 Å². The fraction of sp³-hybridized carbons (Fsp3) is 0.522. The van der Waals surface area contributed by atoms with Gasteiger partial charge in [-0.15, -0.1) is 0 Å². The lowest BCUT2D eigenvalue weighted by molar-refractivity contribution is -0.166. The van der Waals surface area contributed by atoms with E-state index in [1.54, 1.807) is 6.08 Å². The summed E-state index contributed by atoms with van der Waals surface area (Å²) >= 11 is 0. The number of hydrogen-bond donors (Lipinski definition) is 0. The molecule has 1 unspecified atom stereocenters. The van der Waals surface area contributed by atoms with Crippen LogP contribution in [0.2, 0.25) is 0 Å². The quantitative estimate of drug-likeness (QED) is 0.0261. The highest BCUT2D eigenvalue weighted by Crippen LogP contribution is 2.11. The summed E-state index contributed by atoms with van der Waals surface area (Å²) in [6.45, 7) is 6.22. The van der Waals surface area contributed by atoms with Crippen molar-refractivity contribution < 1.29 is 28.6 Å². The minimum atomic E-state index is -0.867. The number of carbonyl (C=O) groups is 3. The minimum Gasteiger partial charge on any atom is -0.462 e. The topological polar surface area (TPSA) is 78.9 Å². The maximum atomic E-state index is 12.8. The maximum absolute atomic E-state index is 12.8. The van der Waals surface area contributed by atoms with E-state index in [0.717, 1.165) is 135 Å². The van der Waals surface area contributed by atoms with E-state index >= 15 is 0 Å². The van der Waals surface area contributed by atoms with Gasteiger partial charge in [-0.1, -0.05) is 235 Å². The molecule has 416 valence electrons. The van der Waals surface area contributed by atoms with Gasteiger partial charge in [-0.3, -0.25) is 14.4 Å². The van der Waals surface area contributed by atoms with Crippen LogP contribution < -0.4 is 0 Å². The summed E-state index contributed by atoms with van der Waals surface area (Å²) in [4.78, 5) is 38.1. The van der Waals surface area contributed by atoms with Crippen LogP contribution in [0.15, 0.2) is 182 Å². The molecule has 75 heavy (non-hydrogen) atoms. The smallest absolute Gasteiger partial charge is 0.310 e. The number of ether oxygens (including phenoxy) is 3. The van der Waals surface area contributed by atoms with Gasteiger partial charge in [0.15, 0.2) is 6.10 Å². The van der Waals surface area contributed by atoms with Gasteiger partial charge in [-0.05, 0) is 141 Å². The van der Waals surface area contributed by atoms with E-state index in [1.807, 2.05) is 6.08 Å². The molecule has 0 rings (SSSR count). The fourth-order valence-electron chi connectivity index (χ4n) is 7.09. The summed E-state index contributed by atoms with van der Waals surface area (Å²) in [7, 11) is 0. The van der Waals surface area contributed by atoms with Gasteiger partial charge in [-0.25, -0.2) is 0 Å². The van der Waals surface area contributed by atoms with Crippen molar-refractivity contribution >= 4 is 17.9 Å². The molecular weight excluding hydrogens is 925 g/mol. The Morgan fingerprint density at radius 3 is 0.907 bits per heavy atom. The van der Waals surface area contributed by atoms with Crippen molar-refractivity contribution in [2.45, 2.75) is 219 Å². The number of esters is 3. The highest BCUT2D eigenvalue weighted by atomic mass is 16.6. The molecule has 1 atom stereocenters. The molecule has 0 radical (unpaired) electrons. The average molecular weight is 1030 g/mol. The lowest BCUT2D eigenvalue weighted by Gasteiger charge is -2.18. The summed E-state index contributed by atoms with van der Waals surface area (Å²) in [6, 6.07) is 0. The van der Waals surface area contributed by atoms with Gasteiger partial charge in [-0.2, -0.15) is 0 Å². The molecule has 0 aliphatic heterocycles. The zero-order valence-corrected chi connectivity index (χ0v) is 47.5.